The van der Waals surface area contributed by atoms with Crippen molar-refractivity contribution in [3.05, 3.63) is 76.0 Å². The highest BCUT2D eigenvalue weighted by molar-refractivity contribution is 9.10. The van der Waals surface area contributed by atoms with Crippen molar-refractivity contribution in [1.29, 1.82) is 0 Å². The van der Waals surface area contributed by atoms with Crippen LogP contribution in [0.25, 0.3) is 10.8 Å². The molecule has 3 aromatic rings. The first-order valence-corrected chi connectivity index (χ1v) is 9.64. The van der Waals surface area contributed by atoms with Gasteiger partial charge in [-0.2, -0.15) is 0 Å². The minimum absolute atomic E-state index is 0.259. The van der Waals surface area contributed by atoms with Crippen molar-refractivity contribution >= 4 is 26.7 Å². The third-order valence-corrected chi connectivity index (χ3v) is 5.45. The van der Waals surface area contributed by atoms with Crippen LogP contribution in [0.1, 0.15) is 18.1 Å². The van der Waals surface area contributed by atoms with Crippen LogP contribution in [-0.4, -0.2) is 25.0 Å². The molecule has 0 atom stereocenters. The van der Waals surface area contributed by atoms with Gasteiger partial charge in [0.25, 0.3) is 0 Å². The van der Waals surface area contributed by atoms with Crippen LogP contribution in [0.2, 0.25) is 0 Å². The zero-order valence-corrected chi connectivity index (χ0v) is 16.7. The van der Waals surface area contributed by atoms with E-state index in [1.165, 1.54) is 6.07 Å². The molecule has 136 valence electrons. The minimum atomic E-state index is -0.259. The summed E-state index contributed by atoms with van der Waals surface area (Å²) in [4.78, 5) is 2.27. The number of ether oxygens (including phenoxy) is 1. The fourth-order valence-corrected chi connectivity index (χ4v) is 3.40. The summed E-state index contributed by atoms with van der Waals surface area (Å²) in [5, 5.41) is 1.77. The number of likely N-dealkylation sites (N-methyl/N-ethyl adjacent to an activating group) is 1. The molecule has 0 amide bonds. The Labute approximate surface area is 162 Å². The zero-order valence-electron chi connectivity index (χ0n) is 15.1. The van der Waals surface area contributed by atoms with Crippen molar-refractivity contribution in [2.24, 2.45) is 0 Å². The maximum Gasteiger partial charge on any atom is 0.138 e. The van der Waals surface area contributed by atoms with Gasteiger partial charge in [-0.1, -0.05) is 49.4 Å². The first-order chi connectivity index (χ1) is 12.6. The van der Waals surface area contributed by atoms with Crippen LogP contribution in [0.3, 0.4) is 0 Å². The zero-order chi connectivity index (χ0) is 18.5. The van der Waals surface area contributed by atoms with E-state index in [9.17, 15) is 4.39 Å². The Balaban J connectivity index is 1.97. The maximum atomic E-state index is 13.9. The average Bonchev–Trinajstić information content (AvgIpc) is 2.68. The summed E-state index contributed by atoms with van der Waals surface area (Å²) in [5.74, 6) is 0.585. The van der Waals surface area contributed by atoms with Crippen molar-refractivity contribution in [2.45, 2.75) is 20.0 Å². The quantitative estimate of drug-likeness (QED) is 0.482. The van der Waals surface area contributed by atoms with E-state index in [4.69, 9.17) is 4.74 Å². The summed E-state index contributed by atoms with van der Waals surface area (Å²) in [7, 11) is 2.11. The largest absolute Gasteiger partial charge is 0.488 e. The second kappa shape index (κ2) is 8.65. The summed E-state index contributed by atoms with van der Waals surface area (Å²) in [6, 6.07) is 17.4. The smallest absolute Gasteiger partial charge is 0.138 e. The van der Waals surface area contributed by atoms with Crippen molar-refractivity contribution in [1.82, 2.24) is 4.90 Å². The monoisotopic (exact) mass is 415 g/mol. The molecule has 0 spiro atoms. The summed E-state index contributed by atoms with van der Waals surface area (Å²) in [5.41, 5.74) is 2.26. The lowest BCUT2D eigenvalue weighted by atomic mass is 10.0. The Morgan fingerprint density at radius 3 is 2.46 bits per heavy atom. The van der Waals surface area contributed by atoms with E-state index < -0.39 is 0 Å². The third kappa shape index (κ3) is 4.25. The number of halogens is 2. The van der Waals surface area contributed by atoms with Crippen LogP contribution in [-0.2, 0) is 13.0 Å². The van der Waals surface area contributed by atoms with Crippen LogP contribution in [0, 0.1) is 5.82 Å². The SMILES string of the molecule is CCN(C)CCc1ccc2c(Br)c(F)ccc2c1OCc1ccccc1. The Morgan fingerprint density at radius 1 is 1.00 bits per heavy atom. The Morgan fingerprint density at radius 2 is 1.73 bits per heavy atom. The van der Waals surface area contributed by atoms with Gasteiger partial charge in [0.1, 0.15) is 18.2 Å². The summed E-state index contributed by atoms with van der Waals surface area (Å²) in [6.45, 7) is 4.59. The molecule has 4 heteroatoms. The predicted molar refractivity (Wildman–Crippen MR) is 109 cm³/mol. The molecule has 0 aliphatic carbocycles. The first kappa shape index (κ1) is 18.9. The van der Waals surface area contributed by atoms with Crippen molar-refractivity contribution in [2.75, 3.05) is 20.1 Å². The van der Waals surface area contributed by atoms with E-state index >= 15 is 0 Å². The Bertz CT molecular complexity index is 882. The Hall–Kier alpha value is -1.91. The molecule has 0 saturated carbocycles. The molecule has 26 heavy (non-hydrogen) atoms. The standard InChI is InChI=1S/C22H23BrFNO/c1-3-25(2)14-13-17-9-10-18-19(11-12-20(24)21(18)23)22(17)26-15-16-7-5-4-6-8-16/h4-12H,3,13-15H2,1-2H3. The first-order valence-electron chi connectivity index (χ1n) is 8.85. The van der Waals surface area contributed by atoms with E-state index in [1.807, 2.05) is 42.5 Å². The Kier molecular flexibility index (Phi) is 6.28. The van der Waals surface area contributed by atoms with E-state index in [-0.39, 0.29) is 5.82 Å². The molecule has 0 bridgehead atoms. The van der Waals surface area contributed by atoms with Crippen LogP contribution >= 0.6 is 15.9 Å². The fraction of sp³-hybridized carbons (Fsp3) is 0.273. The minimum Gasteiger partial charge on any atom is -0.488 e. The predicted octanol–water partition coefficient (Wildman–Crippen LogP) is 5.81. The van der Waals surface area contributed by atoms with Gasteiger partial charge < -0.3 is 9.64 Å². The number of hydrogen-bond donors (Lipinski definition) is 0. The highest BCUT2D eigenvalue weighted by atomic mass is 79.9. The molecule has 0 saturated heterocycles. The third-order valence-electron chi connectivity index (χ3n) is 4.65. The van der Waals surface area contributed by atoms with Crippen LogP contribution in [0.4, 0.5) is 4.39 Å². The summed E-state index contributed by atoms with van der Waals surface area (Å²) in [6.07, 6.45) is 0.888. The number of hydrogen-bond acceptors (Lipinski definition) is 2. The van der Waals surface area contributed by atoms with Gasteiger partial charge in [0.05, 0.1) is 4.47 Å². The lowest BCUT2D eigenvalue weighted by molar-refractivity contribution is 0.303. The van der Waals surface area contributed by atoms with Gasteiger partial charge in [-0.25, -0.2) is 4.39 Å². The molecule has 0 fully saturated rings. The number of rotatable bonds is 7. The molecule has 0 aliphatic rings. The van der Waals surface area contributed by atoms with Gasteiger partial charge in [0.15, 0.2) is 0 Å². The molecule has 0 radical (unpaired) electrons. The van der Waals surface area contributed by atoms with E-state index in [2.05, 4.69) is 40.9 Å². The lowest BCUT2D eigenvalue weighted by Crippen LogP contribution is -2.20. The molecule has 0 aromatic heterocycles. The van der Waals surface area contributed by atoms with E-state index in [1.54, 1.807) is 0 Å². The van der Waals surface area contributed by atoms with Crippen molar-refractivity contribution in [3.63, 3.8) is 0 Å². The van der Waals surface area contributed by atoms with Gasteiger partial charge in [0, 0.05) is 17.3 Å². The number of nitrogens with zero attached hydrogens (tertiary/aromatic N) is 1. The molecule has 3 rings (SSSR count). The van der Waals surface area contributed by atoms with Gasteiger partial charge in [-0.3, -0.25) is 0 Å². The van der Waals surface area contributed by atoms with Gasteiger partial charge in [0.2, 0.25) is 0 Å². The molecular formula is C22H23BrFNO. The number of fused-ring (bicyclic) bond motifs is 1. The molecule has 0 N–H and O–H groups in total. The lowest BCUT2D eigenvalue weighted by Gasteiger charge is -2.18. The molecule has 3 aromatic carbocycles. The van der Waals surface area contributed by atoms with Gasteiger partial charge in [-0.05, 0) is 59.2 Å². The fourth-order valence-electron chi connectivity index (χ4n) is 2.93. The normalized spacial score (nSPS) is 11.3. The van der Waals surface area contributed by atoms with Crippen LogP contribution in [0.5, 0.6) is 5.75 Å². The molecular weight excluding hydrogens is 393 g/mol. The topological polar surface area (TPSA) is 12.5 Å². The van der Waals surface area contributed by atoms with Crippen molar-refractivity contribution in [3.8, 4) is 5.75 Å². The average molecular weight is 416 g/mol. The molecule has 0 unspecified atom stereocenters. The highest BCUT2D eigenvalue weighted by Gasteiger charge is 2.14. The second-order valence-electron chi connectivity index (χ2n) is 6.43. The summed E-state index contributed by atoms with van der Waals surface area (Å²) < 4.78 is 20.7. The molecule has 0 aliphatic heterocycles. The number of benzene rings is 3. The summed E-state index contributed by atoms with van der Waals surface area (Å²) >= 11 is 3.37. The maximum absolute atomic E-state index is 13.9. The van der Waals surface area contributed by atoms with E-state index in [0.29, 0.717) is 11.1 Å². The molecule has 2 nitrogen and oxygen atoms in total. The van der Waals surface area contributed by atoms with Crippen molar-refractivity contribution < 1.29 is 9.13 Å². The van der Waals surface area contributed by atoms with Gasteiger partial charge in [-0.15, -0.1) is 0 Å². The van der Waals surface area contributed by atoms with Gasteiger partial charge >= 0.3 is 0 Å². The van der Waals surface area contributed by atoms with E-state index in [0.717, 1.165) is 47.2 Å². The van der Waals surface area contributed by atoms with Crippen LogP contribution < -0.4 is 4.74 Å². The molecule has 0 heterocycles. The van der Waals surface area contributed by atoms with Crippen LogP contribution in [0.15, 0.2) is 59.1 Å². The second-order valence-corrected chi connectivity index (χ2v) is 7.22. The highest BCUT2D eigenvalue weighted by Crippen LogP contribution is 2.36.